The molecule has 92 valence electrons. The Morgan fingerprint density at radius 3 is 2.72 bits per heavy atom. The minimum atomic E-state index is -0.409. The van der Waals surface area contributed by atoms with Gasteiger partial charge >= 0.3 is 0 Å². The normalized spacial score (nSPS) is 10.1. The number of nitrogens with zero attached hydrogens (tertiary/aromatic N) is 1. The number of pyridine rings is 1. The summed E-state index contributed by atoms with van der Waals surface area (Å²) in [4.78, 5) is 15.9. The number of carbonyl (C=O) groups excluding carboxylic acids is 1. The number of halogens is 2. The lowest BCUT2D eigenvalue weighted by molar-refractivity contribution is 0.102. The van der Waals surface area contributed by atoms with E-state index < -0.39 is 5.91 Å². The van der Waals surface area contributed by atoms with Crippen molar-refractivity contribution >= 4 is 40.6 Å². The lowest BCUT2D eigenvalue weighted by atomic mass is 10.2. The van der Waals surface area contributed by atoms with Crippen LogP contribution in [0.3, 0.4) is 0 Å². The minimum Gasteiger partial charge on any atom is -0.399 e. The second-order valence-corrected chi connectivity index (χ2v) is 4.34. The van der Waals surface area contributed by atoms with Gasteiger partial charge in [-0.3, -0.25) is 4.79 Å². The zero-order valence-electron chi connectivity index (χ0n) is 9.15. The van der Waals surface area contributed by atoms with E-state index in [9.17, 15) is 4.79 Å². The van der Waals surface area contributed by atoms with Gasteiger partial charge in [-0.25, -0.2) is 4.98 Å². The highest BCUT2D eigenvalue weighted by Gasteiger charge is 2.12. The van der Waals surface area contributed by atoms with Crippen LogP contribution in [0.15, 0.2) is 36.5 Å². The first-order chi connectivity index (χ1) is 8.58. The van der Waals surface area contributed by atoms with Gasteiger partial charge in [0.15, 0.2) is 5.82 Å². The SMILES string of the molecule is Nc1ccc(Cl)c(C(=O)Nc2ncccc2Cl)c1. The van der Waals surface area contributed by atoms with Gasteiger partial charge in [0.1, 0.15) is 0 Å². The number of aromatic nitrogens is 1. The van der Waals surface area contributed by atoms with Crippen LogP contribution in [0.25, 0.3) is 0 Å². The Hall–Kier alpha value is -1.78. The molecule has 0 saturated carbocycles. The number of anilines is 2. The molecule has 1 aromatic heterocycles. The molecule has 6 heteroatoms. The molecule has 0 radical (unpaired) electrons. The van der Waals surface area contributed by atoms with Crippen molar-refractivity contribution in [3.05, 3.63) is 52.1 Å². The Kier molecular flexibility index (Phi) is 3.69. The molecule has 1 heterocycles. The number of nitrogens with one attached hydrogen (secondary N) is 1. The second-order valence-electron chi connectivity index (χ2n) is 3.53. The highest BCUT2D eigenvalue weighted by atomic mass is 35.5. The molecule has 1 amide bonds. The number of hydrogen-bond donors (Lipinski definition) is 2. The summed E-state index contributed by atoms with van der Waals surface area (Å²) in [6.07, 6.45) is 1.53. The summed E-state index contributed by atoms with van der Waals surface area (Å²) >= 11 is 11.8. The van der Waals surface area contributed by atoms with Crippen LogP contribution in [-0.2, 0) is 0 Å². The molecule has 2 aromatic rings. The Balaban J connectivity index is 2.28. The summed E-state index contributed by atoms with van der Waals surface area (Å²) in [6, 6.07) is 7.98. The maximum absolute atomic E-state index is 12.0. The fraction of sp³-hybridized carbons (Fsp3) is 0. The third kappa shape index (κ3) is 2.72. The minimum absolute atomic E-state index is 0.276. The first-order valence-electron chi connectivity index (χ1n) is 5.05. The number of hydrogen-bond acceptors (Lipinski definition) is 3. The van der Waals surface area contributed by atoms with Crippen molar-refractivity contribution in [3.63, 3.8) is 0 Å². The third-order valence-electron chi connectivity index (χ3n) is 2.23. The Labute approximate surface area is 114 Å². The number of carbonyl (C=O) groups is 1. The van der Waals surface area contributed by atoms with E-state index in [4.69, 9.17) is 28.9 Å². The molecule has 0 spiro atoms. The summed E-state index contributed by atoms with van der Waals surface area (Å²) in [5, 5.41) is 3.24. The van der Waals surface area contributed by atoms with Crippen molar-refractivity contribution in [1.29, 1.82) is 0 Å². The lowest BCUT2D eigenvalue weighted by Crippen LogP contribution is -2.14. The number of benzene rings is 1. The summed E-state index contributed by atoms with van der Waals surface area (Å²) in [5.41, 5.74) is 6.34. The van der Waals surface area contributed by atoms with Gasteiger partial charge in [0.2, 0.25) is 0 Å². The van der Waals surface area contributed by atoms with Crippen LogP contribution in [0.1, 0.15) is 10.4 Å². The Morgan fingerprint density at radius 1 is 1.22 bits per heavy atom. The van der Waals surface area contributed by atoms with Crippen LogP contribution < -0.4 is 11.1 Å². The van der Waals surface area contributed by atoms with Gasteiger partial charge < -0.3 is 11.1 Å². The lowest BCUT2D eigenvalue weighted by Gasteiger charge is -2.07. The molecule has 3 N–H and O–H groups in total. The predicted octanol–water partition coefficient (Wildman–Crippen LogP) is 3.22. The van der Waals surface area contributed by atoms with E-state index in [1.54, 1.807) is 24.3 Å². The van der Waals surface area contributed by atoms with Crippen LogP contribution in [0, 0.1) is 0 Å². The standard InChI is InChI=1S/C12H9Cl2N3O/c13-9-4-3-7(15)6-8(9)12(18)17-11-10(14)2-1-5-16-11/h1-6H,15H2,(H,16,17,18). The third-order valence-corrected chi connectivity index (χ3v) is 2.86. The van der Waals surface area contributed by atoms with Gasteiger partial charge in [-0.05, 0) is 30.3 Å². The van der Waals surface area contributed by atoms with Gasteiger partial charge in [0.05, 0.1) is 15.6 Å². The Morgan fingerprint density at radius 2 is 2.00 bits per heavy atom. The largest absolute Gasteiger partial charge is 0.399 e. The van der Waals surface area contributed by atoms with Crippen molar-refractivity contribution < 1.29 is 4.79 Å². The molecule has 0 aliphatic rings. The van der Waals surface area contributed by atoms with Gasteiger partial charge in [0, 0.05) is 11.9 Å². The molecule has 0 fully saturated rings. The molecule has 2 rings (SSSR count). The quantitative estimate of drug-likeness (QED) is 0.831. The fourth-order valence-electron chi connectivity index (χ4n) is 1.37. The van der Waals surface area contributed by atoms with Crippen molar-refractivity contribution in [1.82, 2.24) is 4.98 Å². The van der Waals surface area contributed by atoms with Gasteiger partial charge in [-0.2, -0.15) is 0 Å². The highest BCUT2D eigenvalue weighted by molar-refractivity contribution is 6.35. The number of amides is 1. The zero-order chi connectivity index (χ0) is 13.1. The van der Waals surface area contributed by atoms with Crippen LogP contribution in [0.4, 0.5) is 11.5 Å². The van der Waals surface area contributed by atoms with E-state index >= 15 is 0 Å². The first kappa shape index (κ1) is 12.7. The zero-order valence-corrected chi connectivity index (χ0v) is 10.7. The molecule has 0 atom stereocenters. The highest BCUT2D eigenvalue weighted by Crippen LogP contribution is 2.22. The average Bonchev–Trinajstić information content (AvgIpc) is 2.35. The maximum Gasteiger partial charge on any atom is 0.258 e. The van der Waals surface area contributed by atoms with Gasteiger partial charge in [-0.15, -0.1) is 0 Å². The summed E-state index contributed by atoms with van der Waals surface area (Å²) in [6.45, 7) is 0. The molecular weight excluding hydrogens is 273 g/mol. The van der Waals surface area contributed by atoms with Crippen molar-refractivity contribution in [2.75, 3.05) is 11.1 Å². The van der Waals surface area contributed by atoms with Gasteiger partial charge in [-0.1, -0.05) is 23.2 Å². The summed E-state index contributed by atoms with van der Waals surface area (Å²) in [5.74, 6) is -0.129. The first-order valence-corrected chi connectivity index (χ1v) is 5.80. The summed E-state index contributed by atoms with van der Waals surface area (Å²) < 4.78 is 0. The molecule has 0 unspecified atom stereocenters. The van der Waals surface area contributed by atoms with E-state index in [0.717, 1.165) is 0 Å². The van der Waals surface area contributed by atoms with E-state index in [1.807, 2.05) is 0 Å². The smallest absolute Gasteiger partial charge is 0.258 e. The Bertz CT molecular complexity index is 602. The molecule has 4 nitrogen and oxygen atoms in total. The van der Waals surface area contributed by atoms with Crippen molar-refractivity contribution in [2.45, 2.75) is 0 Å². The molecule has 0 aliphatic heterocycles. The van der Waals surface area contributed by atoms with Crippen molar-refractivity contribution in [2.24, 2.45) is 0 Å². The van der Waals surface area contributed by atoms with E-state index in [-0.39, 0.29) is 11.4 Å². The topological polar surface area (TPSA) is 68.0 Å². The van der Waals surface area contributed by atoms with Crippen molar-refractivity contribution in [3.8, 4) is 0 Å². The van der Waals surface area contributed by atoms with Gasteiger partial charge in [0.25, 0.3) is 5.91 Å². The monoisotopic (exact) mass is 281 g/mol. The molecule has 1 aromatic carbocycles. The van der Waals surface area contributed by atoms with E-state index in [1.165, 1.54) is 12.3 Å². The average molecular weight is 282 g/mol. The number of rotatable bonds is 2. The number of nitrogen functional groups attached to an aromatic ring is 1. The van der Waals surface area contributed by atoms with E-state index in [0.29, 0.717) is 15.7 Å². The maximum atomic E-state index is 12.0. The summed E-state index contributed by atoms with van der Waals surface area (Å²) in [7, 11) is 0. The molecule has 0 saturated heterocycles. The molecule has 0 bridgehead atoms. The molecule has 18 heavy (non-hydrogen) atoms. The predicted molar refractivity (Wildman–Crippen MR) is 73.1 cm³/mol. The van der Waals surface area contributed by atoms with Crippen LogP contribution >= 0.6 is 23.2 Å². The van der Waals surface area contributed by atoms with E-state index in [2.05, 4.69) is 10.3 Å². The molecular formula is C12H9Cl2N3O. The van der Waals surface area contributed by atoms with Crippen LogP contribution in [0.5, 0.6) is 0 Å². The second kappa shape index (κ2) is 5.25. The van der Waals surface area contributed by atoms with Crippen LogP contribution in [0.2, 0.25) is 10.0 Å². The fourth-order valence-corrected chi connectivity index (χ4v) is 1.74. The number of nitrogens with two attached hydrogens (primary N) is 1. The molecule has 0 aliphatic carbocycles. The van der Waals surface area contributed by atoms with Crippen LogP contribution in [-0.4, -0.2) is 10.9 Å².